The van der Waals surface area contributed by atoms with Crippen molar-refractivity contribution in [2.24, 2.45) is 0 Å². The summed E-state index contributed by atoms with van der Waals surface area (Å²) in [6.45, 7) is 7.72. The van der Waals surface area contributed by atoms with Crippen LogP contribution < -0.4 is 5.32 Å². The van der Waals surface area contributed by atoms with Gasteiger partial charge >= 0.3 is 0 Å². The van der Waals surface area contributed by atoms with Crippen LogP contribution in [0.25, 0.3) is 5.69 Å². The van der Waals surface area contributed by atoms with Gasteiger partial charge in [0.25, 0.3) is 0 Å². The zero-order chi connectivity index (χ0) is 19.6. The van der Waals surface area contributed by atoms with Gasteiger partial charge in [0.15, 0.2) is 0 Å². The molecule has 0 aliphatic carbocycles. The molecule has 0 saturated carbocycles. The second-order valence-corrected chi connectivity index (χ2v) is 7.15. The summed E-state index contributed by atoms with van der Waals surface area (Å²) in [5.74, 6) is -0.0568. The lowest BCUT2D eigenvalue weighted by molar-refractivity contribution is -0.125. The largest absolute Gasteiger partial charge is 0.348 e. The fourth-order valence-electron chi connectivity index (χ4n) is 3.27. The molecule has 2 heterocycles. The number of hydrogen-bond donors (Lipinski definition) is 1. The molecule has 142 valence electrons. The smallest absolute Gasteiger partial charge is 0.245 e. The Labute approximate surface area is 165 Å². The zero-order valence-corrected chi connectivity index (χ0v) is 16.9. The van der Waals surface area contributed by atoms with E-state index in [9.17, 15) is 4.79 Å². The van der Waals surface area contributed by atoms with Crippen LogP contribution in [-0.4, -0.2) is 20.3 Å². The quantitative estimate of drug-likeness (QED) is 0.665. The molecule has 2 aromatic heterocycles. The molecule has 1 N–H and O–H groups in total. The molecule has 2 unspecified atom stereocenters. The second kappa shape index (κ2) is 8.01. The Balaban J connectivity index is 1.78. The van der Waals surface area contributed by atoms with E-state index >= 15 is 0 Å². The van der Waals surface area contributed by atoms with E-state index in [1.54, 1.807) is 4.68 Å². The Bertz CT molecular complexity index is 930. The van der Waals surface area contributed by atoms with Crippen molar-refractivity contribution in [1.29, 1.82) is 0 Å². The summed E-state index contributed by atoms with van der Waals surface area (Å²) in [7, 11) is 0. The molecule has 0 saturated heterocycles. The predicted octanol–water partition coefficient (Wildman–Crippen LogP) is 4.77. The van der Waals surface area contributed by atoms with Gasteiger partial charge in [-0.25, -0.2) is 0 Å². The summed E-state index contributed by atoms with van der Waals surface area (Å²) < 4.78 is 3.78. The normalized spacial score (nSPS) is 13.4. The highest BCUT2D eigenvalue weighted by Crippen LogP contribution is 2.25. The summed E-state index contributed by atoms with van der Waals surface area (Å²) in [5.41, 5.74) is 3.68. The highest BCUT2D eigenvalue weighted by Gasteiger charge is 2.24. The number of carbonyl (C=O) groups excluding carboxylic acids is 1. The van der Waals surface area contributed by atoms with Crippen molar-refractivity contribution < 1.29 is 4.79 Å². The molecule has 0 radical (unpaired) electrons. The van der Waals surface area contributed by atoms with E-state index in [1.165, 1.54) is 0 Å². The third-order valence-corrected chi connectivity index (χ3v) is 5.40. The molecule has 0 aliphatic rings. The van der Waals surface area contributed by atoms with Crippen LogP contribution >= 0.6 is 11.6 Å². The Morgan fingerprint density at radius 1 is 1.22 bits per heavy atom. The highest BCUT2D eigenvalue weighted by molar-refractivity contribution is 6.31. The summed E-state index contributed by atoms with van der Waals surface area (Å²) in [6, 6.07) is 11.6. The third-order valence-electron chi connectivity index (χ3n) is 4.85. The minimum absolute atomic E-state index is 0.0568. The molecule has 0 aliphatic heterocycles. The van der Waals surface area contributed by atoms with Crippen molar-refractivity contribution >= 4 is 17.5 Å². The Morgan fingerprint density at radius 3 is 2.52 bits per heavy atom. The maximum Gasteiger partial charge on any atom is 0.245 e. The maximum absolute atomic E-state index is 12.9. The predicted molar refractivity (Wildman–Crippen MR) is 108 cm³/mol. The number of nitrogens with one attached hydrogen (secondary N) is 1. The van der Waals surface area contributed by atoms with Crippen LogP contribution in [0.5, 0.6) is 0 Å². The number of nitrogens with zero attached hydrogens (tertiary/aromatic N) is 3. The van der Waals surface area contributed by atoms with E-state index in [-0.39, 0.29) is 18.0 Å². The zero-order valence-electron chi connectivity index (χ0n) is 16.1. The van der Waals surface area contributed by atoms with Crippen molar-refractivity contribution in [3.8, 4) is 5.69 Å². The van der Waals surface area contributed by atoms with Crippen molar-refractivity contribution in [2.45, 2.75) is 46.2 Å². The summed E-state index contributed by atoms with van der Waals surface area (Å²) >= 11 is 6.25. The first-order chi connectivity index (χ1) is 12.9. The Morgan fingerprint density at radius 2 is 1.93 bits per heavy atom. The molecular weight excluding hydrogens is 360 g/mol. The molecular formula is C21H25ClN4O. The molecule has 0 spiro atoms. The number of halogens is 1. The van der Waals surface area contributed by atoms with Crippen LogP contribution in [0.2, 0.25) is 5.02 Å². The van der Waals surface area contributed by atoms with Gasteiger partial charge < -0.3 is 9.88 Å². The molecule has 0 fully saturated rings. The fourth-order valence-corrected chi connectivity index (χ4v) is 3.39. The van der Waals surface area contributed by atoms with Gasteiger partial charge in [-0.1, -0.05) is 30.7 Å². The molecule has 1 amide bonds. The van der Waals surface area contributed by atoms with E-state index in [0.29, 0.717) is 11.4 Å². The first-order valence-electron chi connectivity index (χ1n) is 9.17. The third kappa shape index (κ3) is 3.93. The highest BCUT2D eigenvalue weighted by atomic mass is 35.5. The molecule has 1 aromatic carbocycles. The standard InChI is InChI=1S/C21H25ClN4O/c1-5-19(26-16(4)20(22)15(3)24-26)21(27)23-14(2)17-9-8-10-18(13-17)25-11-6-7-12-25/h6-14,19H,5H2,1-4H3,(H,23,27). The van der Waals surface area contributed by atoms with Crippen molar-refractivity contribution in [2.75, 3.05) is 0 Å². The maximum atomic E-state index is 12.9. The molecule has 5 nitrogen and oxygen atoms in total. The van der Waals surface area contributed by atoms with Crippen LogP contribution in [0.4, 0.5) is 0 Å². The minimum atomic E-state index is -0.383. The first kappa shape index (κ1) is 19.2. The van der Waals surface area contributed by atoms with Crippen molar-refractivity contribution in [3.05, 3.63) is 70.8 Å². The van der Waals surface area contributed by atoms with Gasteiger partial charge in [0, 0.05) is 18.1 Å². The van der Waals surface area contributed by atoms with Crippen LogP contribution in [0.15, 0.2) is 48.8 Å². The monoisotopic (exact) mass is 384 g/mol. The van der Waals surface area contributed by atoms with Crippen molar-refractivity contribution in [3.63, 3.8) is 0 Å². The summed E-state index contributed by atoms with van der Waals surface area (Å²) in [6.07, 6.45) is 4.64. The van der Waals surface area contributed by atoms with E-state index in [1.807, 2.05) is 75.0 Å². The summed E-state index contributed by atoms with van der Waals surface area (Å²) in [4.78, 5) is 12.9. The number of aromatic nitrogens is 3. The average molecular weight is 385 g/mol. The Kier molecular flexibility index (Phi) is 5.71. The summed E-state index contributed by atoms with van der Waals surface area (Å²) in [5, 5.41) is 8.19. The lowest BCUT2D eigenvalue weighted by atomic mass is 10.1. The molecule has 6 heteroatoms. The fraction of sp³-hybridized carbons (Fsp3) is 0.333. The lowest BCUT2D eigenvalue weighted by Crippen LogP contribution is -2.35. The molecule has 3 aromatic rings. The lowest BCUT2D eigenvalue weighted by Gasteiger charge is -2.21. The number of benzene rings is 1. The molecule has 27 heavy (non-hydrogen) atoms. The van der Waals surface area contributed by atoms with Gasteiger partial charge in [0.1, 0.15) is 6.04 Å². The topological polar surface area (TPSA) is 51.9 Å². The van der Waals surface area contributed by atoms with Gasteiger partial charge in [0.2, 0.25) is 5.91 Å². The number of aryl methyl sites for hydroxylation is 1. The number of amides is 1. The molecule has 2 atom stereocenters. The molecule has 0 bridgehead atoms. The van der Waals surface area contributed by atoms with Gasteiger partial charge in [-0.3, -0.25) is 9.48 Å². The van der Waals surface area contributed by atoms with Crippen molar-refractivity contribution in [1.82, 2.24) is 19.7 Å². The molecule has 3 rings (SSSR count). The van der Waals surface area contributed by atoms with Crippen LogP contribution in [0.3, 0.4) is 0 Å². The minimum Gasteiger partial charge on any atom is -0.348 e. The Hall–Kier alpha value is -2.53. The average Bonchev–Trinajstić information content (AvgIpc) is 3.28. The second-order valence-electron chi connectivity index (χ2n) is 6.77. The SMILES string of the molecule is CCC(C(=O)NC(C)c1cccc(-n2cccc2)c1)n1nc(C)c(Cl)c1C. The van der Waals surface area contributed by atoms with Gasteiger partial charge in [-0.15, -0.1) is 0 Å². The van der Waals surface area contributed by atoms with E-state index < -0.39 is 0 Å². The van der Waals surface area contributed by atoms with Gasteiger partial charge in [-0.2, -0.15) is 5.10 Å². The van der Waals surface area contributed by atoms with Gasteiger partial charge in [-0.05, 0) is 57.0 Å². The van der Waals surface area contributed by atoms with Gasteiger partial charge in [0.05, 0.1) is 22.5 Å². The van der Waals surface area contributed by atoms with E-state index in [2.05, 4.69) is 16.5 Å². The van der Waals surface area contributed by atoms with E-state index in [0.717, 1.165) is 22.6 Å². The van der Waals surface area contributed by atoms with E-state index in [4.69, 9.17) is 11.6 Å². The van der Waals surface area contributed by atoms with Crippen LogP contribution in [0, 0.1) is 13.8 Å². The van der Waals surface area contributed by atoms with Crippen LogP contribution in [-0.2, 0) is 4.79 Å². The number of hydrogen-bond acceptors (Lipinski definition) is 2. The van der Waals surface area contributed by atoms with Crippen LogP contribution in [0.1, 0.15) is 49.3 Å². The first-order valence-corrected chi connectivity index (χ1v) is 9.55. The number of rotatable bonds is 6. The number of carbonyl (C=O) groups is 1.